The van der Waals surface area contributed by atoms with Gasteiger partial charge in [0, 0.05) is 18.8 Å². The largest absolute Gasteiger partial charge is 0.501 e. The zero-order valence-corrected chi connectivity index (χ0v) is 10.4. The number of allylic oxidation sites excluding steroid dienone is 4. The van der Waals surface area contributed by atoms with Crippen LogP contribution in [0, 0.1) is 0 Å². The molecule has 16 heavy (non-hydrogen) atoms. The van der Waals surface area contributed by atoms with Crippen LogP contribution in [-0.2, 0) is 4.74 Å². The van der Waals surface area contributed by atoms with Gasteiger partial charge in [0.2, 0.25) is 0 Å². The third kappa shape index (κ3) is 5.61. The second-order valence-corrected chi connectivity index (χ2v) is 3.80. The molecule has 0 fully saturated rings. The van der Waals surface area contributed by atoms with Crippen molar-refractivity contribution >= 4 is 18.8 Å². The zero-order chi connectivity index (χ0) is 11.6. The summed E-state index contributed by atoms with van der Waals surface area (Å²) < 4.78 is 5.31. The van der Waals surface area contributed by atoms with E-state index in [0.29, 0.717) is 0 Å². The summed E-state index contributed by atoms with van der Waals surface area (Å²) in [6, 6.07) is 0. The molecule has 0 spiro atoms. The Morgan fingerprint density at radius 2 is 2.38 bits per heavy atom. The Morgan fingerprint density at radius 3 is 3.19 bits per heavy atom. The molecule has 3 heteroatoms. The second-order valence-electron chi connectivity index (χ2n) is 3.50. The van der Waals surface area contributed by atoms with E-state index in [0.717, 1.165) is 25.0 Å². The molecule has 0 aliphatic carbocycles. The predicted octanol–water partition coefficient (Wildman–Crippen LogP) is 3.66. The average Bonchev–Trinajstić information content (AvgIpc) is 2.28. The molecule has 1 aliphatic rings. The highest BCUT2D eigenvalue weighted by atomic mass is 32.1. The molecule has 0 radical (unpaired) electrons. The van der Waals surface area contributed by atoms with Crippen molar-refractivity contribution in [3.05, 3.63) is 47.2 Å². The smallest absolute Gasteiger partial charge is 0.0910 e. The summed E-state index contributed by atoms with van der Waals surface area (Å²) in [6.45, 7) is 2.84. The lowest BCUT2D eigenvalue weighted by atomic mass is 10.1. The number of hydrogen-bond donors (Lipinski definition) is 1. The van der Waals surface area contributed by atoms with Crippen LogP contribution in [0.4, 0.5) is 0 Å². The fourth-order valence-corrected chi connectivity index (χ4v) is 1.37. The van der Waals surface area contributed by atoms with Gasteiger partial charge in [0.05, 0.1) is 12.9 Å². The van der Waals surface area contributed by atoms with Gasteiger partial charge in [-0.1, -0.05) is 17.7 Å². The zero-order valence-electron chi connectivity index (χ0n) is 9.47. The van der Waals surface area contributed by atoms with E-state index in [4.69, 9.17) is 4.74 Å². The van der Waals surface area contributed by atoms with Crippen molar-refractivity contribution in [2.45, 2.75) is 19.8 Å². The molecular formula is C13H17NOS. The van der Waals surface area contributed by atoms with Crippen molar-refractivity contribution in [2.75, 3.05) is 6.61 Å². The molecule has 0 aromatic heterocycles. The summed E-state index contributed by atoms with van der Waals surface area (Å²) in [5.74, 6) is 0. The summed E-state index contributed by atoms with van der Waals surface area (Å²) in [4.78, 5) is 4.12. The lowest BCUT2D eigenvalue weighted by molar-refractivity contribution is 0.252. The number of hydrogen-bond acceptors (Lipinski definition) is 3. The van der Waals surface area contributed by atoms with Crippen molar-refractivity contribution in [3.8, 4) is 0 Å². The summed E-state index contributed by atoms with van der Waals surface area (Å²) in [7, 11) is 0. The minimum atomic E-state index is 0.736. The molecule has 2 nitrogen and oxygen atoms in total. The van der Waals surface area contributed by atoms with Gasteiger partial charge < -0.3 is 4.74 Å². The van der Waals surface area contributed by atoms with Crippen LogP contribution >= 0.6 is 12.6 Å². The topological polar surface area (TPSA) is 21.6 Å². The quantitative estimate of drug-likeness (QED) is 0.572. The summed E-state index contributed by atoms with van der Waals surface area (Å²) in [5, 5.41) is 1.61. The second kappa shape index (κ2) is 7.99. The van der Waals surface area contributed by atoms with Crippen molar-refractivity contribution in [2.24, 2.45) is 4.99 Å². The summed E-state index contributed by atoms with van der Waals surface area (Å²) in [6.07, 6.45) is 13.3. The van der Waals surface area contributed by atoms with Gasteiger partial charge in [-0.2, -0.15) is 0 Å². The van der Waals surface area contributed by atoms with Crippen molar-refractivity contribution < 1.29 is 4.74 Å². The summed E-state index contributed by atoms with van der Waals surface area (Å²) in [5.41, 5.74) is 2.42. The number of rotatable bonds is 2. The molecule has 1 rings (SSSR count). The molecule has 0 atom stereocenters. The van der Waals surface area contributed by atoms with Gasteiger partial charge >= 0.3 is 0 Å². The van der Waals surface area contributed by atoms with Crippen LogP contribution in [0.5, 0.6) is 0 Å². The van der Waals surface area contributed by atoms with E-state index in [9.17, 15) is 0 Å². The molecule has 86 valence electrons. The van der Waals surface area contributed by atoms with Crippen molar-refractivity contribution in [3.63, 3.8) is 0 Å². The Kier molecular flexibility index (Phi) is 6.42. The lowest BCUT2D eigenvalue weighted by Gasteiger charge is -2.04. The van der Waals surface area contributed by atoms with Crippen LogP contribution in [0.25, 0.3) is 0 Å². The molecule has 0 saturated heterocycles. The Hall–Kier alpha value is -1.22. The SMILES string of the molecule is C/C1=C\C(C=N/C=C\S)=CC/C=C/OCC1. The van der Waals surface area contributed by atoms with E-state index in [-0.39, 0.29) is 0 Å². The molecule has 0 aromatic rings. The molecule has 0 saturated carbocycles. The van der Waals surface area contributed by atoms with Crippen LogP contribution in [0.15, 0.2) is 52.2 Å². The monoisotopic (exact) mass is 235 g/mol. The molecule has 0 bridgehead atoms. The first kappa shape index (κ1) is 12.8. The highest BCUT2D eigenvalue weighted by molar-refractivity contribution is 7.83. The number of ether oxygens (including phenoxy) is 1. The fourth-order valence-electron chi connectivity index (χ4n) is 1.29. The van der Waals surface area contributed by atoms with E-state index in [1.54, 1.807) is 17.9 Å². The molecular weight excluding hydrogens is 218 g/mol. The third-order valence-corrected chi connectivity index (χ3v) is 2.22. The first-order valence-electron chi connectivity index (χ1n) is 5.29. The van der Waals surface area contributed by atoms with Crippen LogP contribution in [0.3, 0.4) is 0 Å². The lowest BCUT2D eigenvalue weighted by Crippen LogP contribution is -1.92. The van der Waals surface area contributed by atoms with Crippen LogP contribution in [-0.4, -0.2) is 12.8 Å². The highest BCUT2D eigenvalue weighted by Gasteiger charge is 1.94. The Bertz CT molecular complexity index is 351. The minimum Gasteiger partial charge on any atom is -0.501 e. The van der Waals surface area contributed by atoms with Crippen molar-refractivity contribution in [1.82, 2.24) is 0 Å². The Balaban J connectivity index is 2.77. The van der Waals surface area contributed by atoms with E-state index in [2.05, 4.69) is 36.7 Å². The molecule has 0 unspecified atom stereocenters. The third-order valence-electron chi connectivity index (χ3n) is 2.09. The van der Waals surface area contributed by atoms with E-state index >= 15 is 0 Å². The molecule has 0 N–H and O–H groups in total. The Morgan fingerprint density at radius 1 is 1.50 bits per heavy atom. The molecule has 1 heterocycles. The first-order chi connectivity index (χ1) is 7.83. The van der Waals surface area contributed by atoms with Gasteiger partial charge in [-0.25, -0.2) is 0 Å². The van der Waals surface area contributed by atoms with E-state index in [1.165, 1.54) is 5.57 Å². The highest BCUT2D eigenvalue weighted by Crippen LogP contribution is 2.08. The minimum absolute atomic E-state index is 0.736. The van der Waals surface area contributed by atoms with E-state index in [1.807, 2.05) is 12.3 Å². The molecule has 1 aliphatic heterocycles. The summed E-state index contributed by atoms with van der Waals surface area (Å²) >= 11 is 3.95. The Labute approximate surface area is 103 Å². The van der Waals surface area contributed by atoms with E-state index < -0.39 is 0 Å². The van der Waals surface area contributed by atoms with Crippen LogP contribution in [0.1, 0.15) is 19.8 Å². The van der Waals surface area contributed by atoms with Gasteiger partial charge in [-0.3, -0.25) is 4.99 Å². The number of aliphatic imine (C=N–C) groups is 1. The van der Waals surface area contributed by atoms with Gasteiger partial charge in [0.15, 0.2) is 0 Å². The fraction of sp³-hybridized carbons (Fsp3) is 0.308. The van der Waals surface area contributed by atoms with Crippen molar-refractivity contribution in [1.29, 1.82) is 0 Å². The maximum atomic E-state index is 5.31. The maximum absolute atomic E-state index is 5.31. The van der Waals surface area contributed by atoms with Gasteiger partial charge in [-0.05, 0) is 30.4 Å². The first-order valence-corrected chi connectivity index (χ1v) is 5.81. The number of thiol groups is 1. The van der Waals surface area contributed by atoms with Gasteiger partial charge in [-0.15, -0.1) is 12.6 Å². The van der Waals surface area contributed by atoms with Crippen LogP contribution < -0.4 is 0 Å². The molecule has 0 aromatic carbocycles. The predicted molar refractivity (Wildman–Crippen MR) is 72.8 cm³/mol. The van der Waals surface area contributed by atoms with Gasteiger partial charge in [0.25, 0.3) is 0 Å². The number of nitrogens with zero attached hydrogens (tertiary/aromatic N) is 1. The maximum Gasteiger partial charge on any atom is 0.0910 e. The molecule has 0 amide bonds. The average molecular weight is 235 g/mol. The standard InChI is InChI=1S/C13H17NOS/c1-12-5-8-15-7-3-2-4-13(10-12)11-14-6-9-16/h3-4,6-7,9-11,16H,2,5,8H2,1H3/b7-3+,9-6-,12-10+,13-4?,14-11?. The van der Waals surface area contributed by atoms with Gasteiger partial charge in [0.1, 0.15) is 0 Å². The normalized spacial score (nSPS) is 23.6. The van der Waals surface area contributed by atoms with Crippen LogP contribution in [0.2, 0.25) is 0 Å².